The Hall–Kier alpha value is -3.29. The summed E-state index contributed by atoms with van der Waals surface area (Å²) in [6, 6.07) is 17.5. The standard InChI is InChI=1S/C26H29N5O2/c1-26(2)25(33-26)31-14-12-19(13-15-31)30-24-22(16-28-17-29-24)23(27)18-8-10-21(11-9-18)32-20-6-4-3-5-7-20/h3-11,16-17,19,25,27H,12-15H2,1-2H3,(H,28,29,30). The number of nitrogens with one attached hydrogen (secondary N) is 2. The molecule has 7 heteroatoms. The average molecular weight is 444 g/mol. The molecule has 0 aliphatic carbocycles. The number of nitrogens with zero attached hydrogens (tertiary/aromatic N) is 3. The molecule has 0 amide bonds. The van der Waals surface area contributed by atoms with Gasteiger partial charge in [0.15, 0.2) is 0 Å². The number of likely N-dealkylation sites (tertiary alicyclic amines) is 1. The lowest BCUT2D eigenvalue weighted by Gasteiger charge is -2.32. The molecule has 1 unspecified atom stereocenters. The number of anilines is 1. The van der Waals surface area contributed by atoms with Gasteiger partial charge in [-0.3, -0.25) is 10.3 Å². The minimum absolute atomic E-state index is 0.0170. The second-order valence-electron chi connectivity index (χ2n) is 9.13. The molecule has 2 aliphatic rings. The van der Waals surface area contributed by atoms with Crippen molar-refractivity contribution in [1.82, 2.24) is 14.9 Å². The van der Waals surface area contributed by atoms with E-state index in [1.54, 1.807) is 6.20 Å². The van der Waals surface area contributed by atoms with Crippen molar-refractivity contribution in [3.8, 4) is 11.5 Å². The number of piperidine rings is 1. The van der Waals surface area contributed by atoms with Gasteiger partial charge in [0.1, 0.15) is 35.5 Å². The molecular weight excluding hydrogens is 414 g/mol. The van der Waals surface area contributed by atoms with Crippen LogP contribution in [-0.2, 0) is 4.74 Å². The molecule has 33 heavy (non-hydrogen) atoms. The third kappa shape index (κ3) is 4.89. The zero-order valence-corrected chi connectivity index (χ0v) is 19.0. The SMILES string of the molecule is CC1(C)OC1N1CCC(Nc2ncncc2C(=N)c2ccc(Oc3ccccc3)cc2)CC1. The molecule has 0 bridgehead atoms. The largest absolute Gasteiger partial charge is 0.457 e. The van der Waals surface area contributed by atoms with E-state index in [2.05, 4.69) is 34.0 Å². The molecule has 2 aromatic carbocycles. The van der Waals surface area contributed by atoms with Crippen LogP contribution in [0.4, 0.5) is 5.82 Å². The number of para-hydroxylation sites is 1. The highest BCUT2D eigenvalue weighted by Crippen LogP contribution is 2.39. The Morgan fingerprint density at radius 2 is 1.73 bits per heavy atom. The summed E-state index contributed by atoms with van der Waals surface area (Å²) in [5.41, 5.74) is 1.85. The van der Waals surface area contributed by atoms with E-state index in [9.17, 15) is 0 Å². The van der Waals surface area contributed by atoms with Gasteiger partial charge in [0.2, 0.25) is 0 Å². The van der Waals surface area contributed by atoms with E-state index in [-0.39, 0.29) is 11.8 Å². The van der Waals surface area contributed by atoms with Crippen LogP contribution in [0.1, 0.15) is 37.8 Å². The van der Waals surface area contributed by atoms with E-state index < -0.39 is 0 Å². The van der Waals surface area contributed by atoms with Crippen LogP contribution in [-0.4, -0.2) is 51.5 Å². The maximum Gasteiger partial charge on any atom is 0.140 e. The summed E-state index contributed by atoms with van der Waals surface area (Å²) in [5, 5.41) is 12.3. The second-order valence-corrected chi connectivity index (χ2v) is 9.13. The Balaban J connectivity index is 1.23. The van der Waals surface area contributed by atoms with Gasteiger partial charge in [0, 0.05) is 30.9 Å². The highest BCUT2D eigenvalue weighted by Gasteiger charge is 2.52. The smallest absolute Gasteiger partial charge is 0.140 e. The molecule has 0 spiro atoms. The molecule has 2 fully saturated rings. The van der Waals surface area contributed by atoms with Gasteiger partial charge >= 0.3 is 0 Å². The number of aromatic nitrogens is 2. The normalized spacial score (nSPS) is 20.2. The third-order valence-electron chi connectivity index (χ3n) is 6.26. The van der Waals surface area contributed by atoms with Crippen molar-refractivity contribution in [3.63, 3.8) is 0 Å². The zero-order valence-electron chi connectivity index (χ0n) is 19.0. The molecule has 3 aromatic rings. The Bertz CT molecular complexity index is 1110. The summed E-state index contributed by atoms with van der Waals surface area (Å²) in [6.07, 6.45) is 5.51. The van der Waals surface area contributed by atoms with Crippen molar-refractivity contribution < 1.29 is 9.47 Å². The summed E-state index contributed by atoms with van der Waals surface area (Å²) in [4.78, 5) is 11.0. The Morgan fingerprint density at radius 3 is 2.39 bits per heavy atom. The van der Waals surface area contributed by atoms with Crippen LogP contribution in [0.5, 0.6) is 11.5 Å². The summed E-state index contributed by atoms with van der Waals surface area (Å²) >= 11 is 0. The molecule has 5 rings (SSSR count). The Morgan fingerprint density at radius 1 is 1.06 bits per heavy atom. The van der Waals surface area contributed by atoms with Crippen molar-refractivity contribution in [2.75, 3.05) is 18.4 Å². The van der Waals surface area contributed by atoms with Crippen molar-refractivity contribution in [1.29, 1.82) is 5.41 Å². The molecule has 0 radical (unpaired) electrons. The minimum atomic E-state index is -0.0170. The zero-order chi connectivity index (χ0) is 22.8. The molecule has 7 nitrogen and oxygen atoms in total. The number of ether oxygens (including phenoxy) is 2. The number of rotatable bonds is 7. The quantitative estimate of drug-likeness (QED) is 0.407. The summed E-state index contributed by atoms with van der Waals surface area (Å²) in [7, 11) is 0. The molecular formula is C26H29N5O2. The first-order valence-corrected chi connectivity index (χ1v) is 11.4. The molecule has 170 valence electrons. The molecule has 3 heterocycles. The van der Waals surface area contributed by atoms with E-state index >= 15 is 0 Å². The summed E-state index contributed by atoms with van der Waals surface area (Å²) in [6.45, 7) is 6.27. The number of hydrogen-bond acceptors (Lipinski definition) is 7. The van der Waals surface area contributed by atoms with Crippen LogP contribution >= 0.6 is 0 Å². The van der Waals surface area contributed by atoms with Crippen LogP contribution in [0.15, 0.2) is 67.1 Å². The maximum atomic E-state index is 8.78. The summed E-state index contributed by atoms with van der Waals surface area (Å²) < 4.78 is 11.7. The van der Waals surface area contributed by atoms with Crippen LogP contribution in [0.2, 0.25) is 0 Å². The first-order valence-electron chi connectivity index (χ1n) is 11.4. The third-order valence-corrected chi connectivity index (χ3v) is 6.26. The van der Waals surface area contributed by atoms with Crippen LogP contribution < -0.4 is 10.1 Å². The molecule has 1 atom stereocenters. The average Bonchev–Trinajstić information content (AvgIpc) is 3.48. The molecule has 2 N–H and O–H groups in total. The predicted molar refractivity (Wildman–Crippen MR) is 128 cm³/mol. The van der Waals surface area contributed by atoms with Crippen LogP contribution in [0.25, 0.3) is 0 Å². The molecule has 2 aliphatic heterocycles. The van der Waals surface area contributed by atoms with Gasteiger partial charge in [-0.1, -0.05) is 18.2 Å². The topological polar surface area (TPSA) is 86.7 Å². The highest BCUT2D eigenvalue weighted by molar-refractivity contribution is 6.13. The van der Waals surface area contributed by atoms with Gasteiger partial charge in [-0.05, 0) is 63.1 Å². The van der Waals surface area contributed by atoms with Crippen molar-refractivity contribution in [3.05, 3.63) is 78.2 Å². The Labute approximate surface area is 194 Å². The lowest BCUT2D eigenvalue weighted by molar-refractivity contribution is 0.143. The van der Waals surface area contributed by atoms with E-state index in [4.69, 9.17) is 14.9 Å². The number of hydrogen-bond donors (Lipinski definition) is 2. The number of benzene rings is 2. The lowest BCUT2D eigenvalue weighted by Crippen LogP contribution is -2.42. The van der Waals surface area contributed by atoms with Gasteiger partial charge < -0.3 is 14.8 Å². The van der Waals surface area contributed by atoms with Crippen molar-refractivity contribution in [2.24, 2.45) is 0 Å². The monoisotopic (exact) mass is 443 g/mol. The Kier molecular flexibility index (Phi) is 5.83. The van der Waals surface area contributed by atoms with E-state index in [1.807, 2.05) is 54.6 Å². The van der Waals surface area contributed by atoms with Crippen LogP contribution in [0, 0.1) is 5.41 Å². The summed E-state index contributed by atoms with van der Waals surface area (Å²) in [5.74, 6) is 2.22. The molecule has 0 saturated carbocycles. The van der Waals surface area contributed by atoms with Crippen molar-refractivity contribution in [2.45, 2.75) is 44.6 Å². The first-order chi connectivity index (χ1) is 16.0. The highest BCUT2D eigenvalue weighted by atomic mass is 16.6. The predicted octanol–water partition coefficient (Wildman–Crippen LogP) is 4.70. The van der Waals surface area contributed by atoms with Crippen molar-refractivity contribution >= 4 is 11.5 Å². The fourth-order valence-corrected chi connectivity index (χ4v) is 4.34. The van der Waals surface area contributed by atoms with Crippen LogP contribution in [0.3, 0.4) is 0 Å². The number of epoxide rings is 1. The fourth-order valence-electron chi connectivity index (χ4n) is 4.34. The van der Waals surface area contributed by atoms with Gasteiger partial charge in [0.05, 0.1) is 11.3 Å². The first kappa shape index (κ1) is 21.6. The molecule has 1 aromatic heterocycles. The second kappa shape index (κ2) is 8.92. The van der Waals surface area contributed by atoms with Gasteiger partial charge in [-0.2, -0.15) is 0 Å². The minimum Gasteiger partial charge on any atom is -0.457 e. The lowest BCUT2D eigenvalue weighted by atomic mass is 10.0. The van der Waals surface area contributed by atoms with E-state index in [1.165, 1.54) is 6.33 Å². The van der Waals surface area contributed by atoms with Gasteiger partial charge in [-0.15, -0.1) is 0 Å². The fraction of sp³-hybridized carbons (Fsp3) is 0.346. The van der Waals surface area contributed by atoms with E-state index in [0.717, 1.165) is 43.0 Å². The molecule has 2 saturated heterocycles. The van der Waals surface area contributed by atoms with E-state index in [0.29, 0.717) is 23.1 Å². The van der Waals surface area contributed by atoms with Gasteiger partial charge in [0.25, 0.3) is 0 Å². The maximum absolute atomic E-state index is 8.78. The van der Waals surface area contributed by atoms with Gasteiger partial charge in [-0.25, -0.2) is 9.97 Å².